The summed E-state index contributed by atoms with van der Waals surface area (Å²) in [5.41, 5.74) is 1.40. The molecule has 1 N–H and O–H groups in total. The summed E-state index contributed by atoms with van der Waals surface area (Å²) in [5.74, 6) is 1.29. The van der Waals surface area contributed by atoms with Crippen molar-refractivity contribution in [2.24, 2.45) is 0 Å². The van der Waals surface area contributed by atoms with Gasteiger partial charge in [-0.25, -0.2) is 0 Å². The van der Waals surface area contributed by atoms with Gasteiger partial charge in [0.1, 0.15) is 11.4 Å². The van der Waals surface area contributed by atoms with Crippen LogP contribution in [0.5, 0.6) is 0 Å². The molecule has 2 atom stereocenters. The van der Waals surface area contributed by atoms with Gasteiger partial charge in [-0.15, -0.1) is 0 Å². The first-order valence-corrected chi connectivity index (χ1v) is 6.87. The molecule has 18 heavy (non-hydrogen) atoms. The number of rotatable bonds is 1. The molecule has 2 nitrogen and oxygen atoms in total. The van der Waals surface area contributed by atoms with Crippen LogP contribution in [0, 0.1) is 0 Å². The summed E-state index contributed by atoms with van der Waals surface area (Å²) in [5, 5.41) is 11.1. The van der Waals surface area contributed by atoms with Crippen molar-refractivity contribution in [3.63, 3.8) is 0 Å². The van der Waals surface area contributed by atoms with Crippen LogP contribution in [0.4, 0.5) is 0 Å². The predicted octanol–water partition coefficient (Wildman–Crippen LogP) is 3.47. The lowest BCUT2D eigenvalue weighted by molar-refractivity contribution is -0.0145. The van der Waals surface area contributed by atoms with Gasteiger partial charge in [-0.3, -0.25) is 0 Å². The second-order valence-corrected chi connectivity index (χ2v) is 5.45. The van der Waals surface area contributed by atoms with Crippen LogP contribution in [0.3, 0.4) is 0 Å². The zero-order valence-electron chi connectivity index (χ0n) is 10.9. The van der Waals surface area contributed by atoms with Crippen molar-refractivity contribution in [1.82, 2.24) is 0 Å². The molecule has 2 unspecified atom stereocenters. The Morgan fingerprint density at radius 2 is 2.17 bits per heavy atom. The Labute approximate surface area is 108 Å². The highest BCUT2D eigenvalue weighted by atomic mass is 16.5. The van der Waals surface area contributed by atoms with E-state index in [1.807, 2.05) is 12.1 Å². The van der Waals surface area contributed by atoms with Gasteiger partial charge in [0.2, 0.25) is 0 Å². The largest absolute Gasteiger partial charge is 0.495 e. The lowest BCUT2D eigenvalue weighted by Gasteiger charge is -2.39. The smallest absolute Gasteiger partial charge is 0.146 e. The fraction of sp³-hybridized carbons (Fsp3) is 0.500. The van der Waals surface area contributed by atoms with E-state index in [9.17, 15) is 5.11 Å². The lowest BCUT2D eigenvalue weighted by Crippen LogP contribution is -2.35. The van der Waals surface area contributed by atoms with Crippen LogP contribution < -0.4 is 0 Å². The molecule has 0 radical (unpaired) electrons. The SMILES string of the molecule is CC1CCC(O)(C2=CCCCO2)c2ccccc21. The number of ether oxygens (including phenoxy) is 1. The molecule has 3 rings (SSSR count). The van der Waals surface area contributed by atoms with E-state index in [-0.39, 0.29) is 0 Å². The van der Waals surface area contributed by atoms with Crippen LogP contribution >= 0.6 is 0 Å². The summed E-state index contributed by atoms with van der Waals surface area (Å²) in [7, 11) is 0. The minimum absolute atomic E-state index is 0.519. The van der Waals surface area contributed by atoms with Gasteiger partial charge < -0.3 is 9.84 Å². The molecule has 0 amide bonds. The first-order valence-electron chi connectivity index (χ1n) is 6.87. The fourth-order valence-electron chi connectivity index (χ4n) is 3.12. The highest BCUT2D eigenvalue weighted by Crippen LogP contribution is 2.46. The van der Waals surface area contributed by atoms with E-state index >= 15 is 0 Å². The molecule has 1 aromatic carbocycles. The molecule has 0 saturated carbocycles. The maximum Gasteiger partial charge on any atom is 0.146 e. The Hall–Kier alpha value is -1.28. The second kappa shape index (κ2) is 4.43. The average Bonchev–Trinajstić information content (AvgIpc) is 2.44. The van der Waals surface area contributed by atoms with Crippen LogP contribution in [0.15, 0.2) is 36.1 Å². The van der Waals surface area contributed by atoms with E-state index in [0.29, 0.717) is 5.92 Å². The molecule has 0 spiro atoms. The molecule has 0 fully saturated rings. The third-order valence-corrected chi connectivity index (χ3v) is 4.22. The Morgan fingerprint density at radius 3 is 2.94 bits per heavy atom. The van der Waals surface area contributed by atoms with Gasteiger partial charge in [-0.2, -0.15) is 0 Å². The van der Waals surface area contributed by atoms with E-state index in [1.165, 1.54) is 5.56 Å². The van der Waals surface area contributed by atoms with Gasteiger partial charge in [0.15, 0.2) is 0 Å². The Morgan fingerprint density at radius 1 is 1.33 bits per heavy atom. The molecule has 1 aromatic rings. The third-order valence-electron chi connectivity index (χ3n) is 4.22. The molecule has 1 heterocycles. The van der Waals surface area contributed by atoms with E-state index in [0.717, 1.165) is 43.6 Å². The summed E-state index contributed by atoms with van der Waals surface area (Å²) < 4.78 is 5.72. The van der Waals surface area contributed by atoms with Crippen LogP contribution in [0.25, 0.3) is 0 Å². The minimum atomic E-state index is -0.899. The number of benzene rings is 1. The molecular weight excluding hydrogens is 224 g/mol. The van der Waals surface area contributed by atoms with Crippen molar-refractivity contribution in [3.8, 4) is 0 Å². The maximum atomic E-state index is 11.1. The van der Waals surface area contributed by atoms with Gasteiger partial charge in [-0.1, -0.05) is 31.2 Å². The number of allylic oxidation sites excluding steroid dienone is 1. The highest BCUT2D eigenvalue weighted by Gasteiger charge is 2.41. The fourth-order valence-corrected chi connectivity index (χ4v) is 3.12. The number of aliphatic hydroxyl groups is 1. The summed E-state index contributed by atoms with van der Waals surface area (Å²) in [4.78, 5) is 0. The van der Waals surface area contributed by atoms with Crippen molar-refractivity contribution in [1.29, 1.82) is 0 Å². The number of hydrogen-bond acceptors (Lipinski definition) is 2. The van der Waals surface area contributed by atoms with Crippen molar-refractivity contribution in [3.05, 3.63) is 47.2 Å². The zero-order chi connectivity index (χ0) is 12.6. The first kappa shape index (κ1) is 11.8. The van der Waals surface area contributed by atoms with E-state index in [2.05, 4.69) is 25.1 Å². The first-order chi connectivity index (χ1) is 8.72. The van der Waals surface area contributed by atoms with Crippen LogP contribution in [-0.2, 0) is 10.3 Å². The van der Waals surface area contributed by atoms with Crippen molar-refractivity contribution in [2.45, 2.75) is 44.1 Å². The summed E-state index contributed by atoms with van der Waals surface area (Å²) >= 11 is 0. The maximum absolute atomic E-state index is 11.1. The summed E-state index contributed by atoms with van der Waals surface area (Å²) in [6.45, 7) is 2.96. The standard InChI is InChI=1S/C16H20O2/c1-12-9-10-16(17,15-8-4-5-11-18-15)14-7-3-2-6-13(12)14/h2-3,6-8,12,17H,4-5,9-11H2,1H3. The van der Waals surface area contributed by atoms with Gasteiger partial charge in [0.25, 0.3) is 0 Å². The summed E-state index contributed by atoms with van der Waals surface area (Å²) in [6.07, 6.45) is 5.90. The number of fused-ring (bicyclic) bond motifs is 1. The van der Waals surface area contributed by atoms with Gasteiger partial charge in [-0.05, 0) is 48.8 Å². The molecule has 0 bridgehead atoms. The van der Waals surface area contributed by atoms with Crippen LogP contribution in [-0.4, -0.2) is 11.7 Å². The van der Waals surface area contributed by atoms with Crippen LogP contribution in [0.1, 0.15) is 49.7 Å². The Balaban J connectivity index is 2.08. The Bertz CT molecular complexity index is 478. The molecule has 0 saturated heterocycles. The van der Waals surface area contributed by atoms with Gasteiger partial charge >= 0.3 is 0 Å². The predicted molar refractivity (Wildman–Crippen MR) is 71.3 cm³/mol. The van der Waals surface area contributed by atoms with E-state index in [1.54, 1.807) is 0 Å². The molecule has 2 heteroatoms. The molecule has 1 aliphatic heterocycles. The zero-order valence-corrected chi connectivity index (χ0v) is 10.9. The lowest BCUT2D eigenvalue weighted by atomic mass is 9.73. The van der Waals surface area contributed by atoms with Crippen molar-refractivity contribution >= 4 is 0 Å². The summed E-state index contributed by atoms with van der Waals surface area (Å²) in [6, 6.07) is 8.24. The van der Waals surface area contributed by atoms with Gasteiger partial charge in [0, 0.05) is 0 Å². The normalized spacial score (nSPS) is 31.2. The van der Waals surface area contributed by atoms with Crippen molar-refractivity contribution < 1.29 is 9.84 Å². The van der Waals surface area contributed by atoms with Crippen molar-refractivity contribution in [2.75, 3.05) is 6.61 Å². The molecular formula is C16H20O2. The molecule has 96 valence electrons. The molecule has 2 aliphatic rings. The molecule has 0 aromatic heterocycles. The van der Waals surface area contributed by atoms with E-state index in [4.69, 9.17) is 4.74 Å². The minimum Gasteiger partial charge on any atom is -0.495 e. The quantitative estimate of drug-likeness (QED) is 0.819. The average molecular weight is 244 g/mol. The third kappa shape index (κ3) is 1.76. The van der Waals surface area contributed by atoms with Crippen LogP contribution in [0.2, 0.25) is 0 Å². The highest BCUT2D eigenvalue weighted by molar-refractivity contribution is 5.41. The molecule has 1 aliphatic carbocycles. The van der Waals surface area contributed by atoms with Gasteiger partial charge in [0.05, 0.1) is 6.61 Å². The topological polar surface area (TPSA) is 29.5 Å². The van der Waals surface area contributed by atoms with E-state index < -0.39 is 5.60 Å². The second-order valence-electron chi connectivity index (χ2n) is 5.45. The Kier molecular flexibility index (Phi) is 2.90. The monoisotopic (exact) mass is 244 g/mol. The number of hydrogen-bond donors (Lipinski definition) is 1.